The van der Waals surface area contributed by atoms with E-state index in [0.29, 0.717) is 24.7 Å². The third-order valence-electron chi connectivity index (χ3n) is 6.47. The van der Waals surface area contributed by atoms with Crippen molar-refractivity contribution < 1.29 is 23.9 Å². The largest absolute Gasteiger partial charge is 0.490 e. The number of fused-ring (bicyclic) bond motifs is 1. The lowest BCUT2D eigenvalue weighted by atomic mass is 9.90. The molecule has 3 aromatic rings. The number of nitrogens with zero attached hydrogens (tertiary/aromatic N) is 2. The summed E-state index contributed by atoms with van der Waals surface area (Å²) in [6.07, 6.45) is -0.0126. The number of para-hydroxylation sites is 1. The Kier molecular flexibility index (Phi) is 6.91. The van der Waals surface area contributed by atoms with Gasteiger partial charge in [0.05, 0.1) is 31.5 Å². The van der Waals surface area contributed by atoms with Gasteiger partial charge in [-0.25, -0.2) is 5.06 Å². The smallest absolute Gasteiger partial charge is 0.262 e. The molecule has 0 spiro atoms. The van der Waals surface area contributed by atoms with E-state index in [1.165, 1.54) is 4.90 Å². The fourth-order valence-electron chi connectivity index (χ4n) is 4.84. The van der Waals surface area contributed by atoms with Gasteiger partial charge in [0.1, 0.15) is 5.92 Å². The van der Waals surface area contributed by atoms with Crippen LogP contribution in [0.25, 0.3) is 0 Å². The zero-order valence-corrected chi connectivity index (χ0v) is 20.5. The summed E-state index contributed by atoms with van der Waals surface area (Å²) in [5.41, 5.74) is 2.49. The monoisotopic (exact) mass is 486 g/mol. The van der Waals surface area contributed by atoms with Crippen molar-refractivity contribution in [1.82, 2.24) is 4.90 Å². The Hall–Kier alpha value is -3.84. The Bertz CT molecular complexity index is 1220. The average molecular weight is 487 g/mol. The van der Waals surface area contributed by atoms with Crippen molar-refractivity contribution in [3.8, 4) is 11.5 Å². The van der Waals surface area contributed by atoms with Gasteiger partial charge in [0.15, 0.2) is 17.6 Å². The highest BCUT2D eigenvalue weighted by molar-refractivity contribution is 6.07. The summed E-state index contributed by atoms with van der Waals surface area (Å²) >= 11 is 0. The van der Waals surface area contributed by atoms with E-state index in [9.17, 15) is 9.59 Å². The van der Waals surface area contributed by atoms with Gasteiger partial charge < -0.3 is 9.47 Å². The lowest BCUT2D eigenvalue weighted by Crippen LogP contribution is -2.36. The number of carbonyl (C=O) groups is 2. The maximum Gasteiger partial charge on any atom is 0.262 e. The van der Waals surface area contributed by atoms with Crippen LogP contribution >= 0.6 is 0 Å². The van der Waals surface area contributed by atoms with Crippen LogP contribution in [0, 0.1) is 5.92 Å². The van der Waals surface area contributed by atoms with E-state index in [2.05, 4.69) is 0 Å². The van der Waals surface area contributed by atoms with Crippen LogP contribution < -0.4 is 14.5 Å². The van der Waals surface area contributed by atoms with Crippen LogP contribution in [0.5, 0.6) is 11.5 Å². The lowest BCUT2D eigenvalue weighted by Gasteiger charge is -2.29. The second-order valence-electron chi connectivity index (χ2n) is 8.89. The second kappa shape index (κ2) is 10.4. The Morgan fingerprint density at radius 2 is 1.56 bits per heavy atom. The zero-order chi connectivity index (χ0) is 25.1. The van der Waals surface area contributed by atoms with Crippen molar-refractivity contribution in [2.75, 3.05) is 18.3 Å². The summed E-state index contributed by atoms with van der Waals surface area (Å²) in [6.45, 7) is 5.24. The van der Waals surface area contributed by atoms with Gasteiger partial charge in [-0.15, -0.1) is 0 Å². The quantitative estimate of drug-likeness (QED) is 0.400. The molecule has 7 heteroatoms. The molecule has 2 saturated heterocycles. The fourth-order valence-corrected chi connectivity index (χ4v) is 4.84. The van der Waals surface area contributed by atoms with Crippen LogP contribution in [0.1, 0.15) is 37.4 Å². The minimum Gasteiger partial charge on any atom is -0.490 e. The summed E-state index contributed by atoms with van der Waals surface area (Å²) in [6, 6.07) is 24.3. The SMILES string of the molecule is CCCOc1ccc(C2C3C(=O)N(Cc4ccccc4)C(=O)C3ON2c2ccccc2)cc1OCC. The average Bonchev–Trinajstić information content (AvgIpc) is 3.41. The Labute approximate surface area is 211 Å². The van der Waals surface area contributed by atoms with Gasteiger partial charge >= 0.3 is 0 Å². The summed E-state index contributed by atoms with van der Waals surface area (Å²) < 4.78 is 11.8. The van der Waals surface area contributed by atoms with Crippen LogP contribution in [-0.4, -0.2) is 36.0 Å². The molecule has 7 nitrogen and oxygen atoms in total. The van der Waals surface area contributed by atoms with E-state index in [4.69, 9.17) is 14.3 Å². The molecule has 0 bridgehead atoms. The molecule has 0 aliphatic carbocycles. The molecular weight excluding hydrogens is 456 g/mol. The number of likely N-dealkylation sites (tertiary alicyclic amines) is 1. The maximum absolute atomic E-state index is 13.7. The maximum atomic E-state index is 13.7. The molecule has 2 aliphatic heterocycles. The molecule has 2 heterocycles. The van der Waals surface area contributed by atoms with Crippen LogP contribution in [0.4, 0.5) is 5.69 Å². The number of amides is 2. The lowest BCUT2D eigenvalue weighted by molar-refractivity contribution is -0.143. The topological polar surface area (TPSA) is 68.3 Å². The van der Waals surface area contributed by atoms with Crippen molar-refractivity contribution in [1.29, 1.82) is 0 Å². The summed E-state index contributed by atoms with van der Waals surface area (Å²) in [7, 11) is 0. The molecule has 5 rings (SSSR count). The Morgan fingerprint density at radius 3 is 2.25 bits per heavy atom. The van der Waals surface area contributed by atoms with Gasteiger partial charge in [-0.1, -0.05) is 61.5 Å². The standard InChI is InChI=1S/C29H30N2O5/c1-3-17-35-23-16-15-21(18-24(23)34-4-2)26-25-27(36-31(26)22-13-9-6-10-14-22)29(33)30(28(25)32)19-20-11-7-5-8-12-20/h5-16,18,25-27H,3-4,17,19H2,1-2H3. The van der Waals surface area contributed by atoms with Crippen molar-refractivity contribution in [3.63, 3.8) is 0 Å². The normalized spacial score (nSPS) is 21.1. The molecular formula is C29H30N2O5. The number of anilines is 1. The number of carbonyl (C=O) groups excluding carboxylic acids is 2. The minimum atomic E-state index is -0.891. The molecule has 36 heavy (non-hydrogen) atoms. The van der Waals surface area contributed by atoms with Gasteiger partial charge in [0.2, 0.25) is 5.91 Å². The highest BCUT2D eigenvalue weighted by Gasteiger charge is 2.59. The summed E-state index contributed by atoms with van der Waals surface area (Å²) in [5, 5.41) is 1.70. The first-order valence-corrected chi connectivity index (χ1v) is 12.4. The minimum absolute atomic E-state index is 0.223. The number of ether oxygens (including phenoxy) is 2. The highest BCUT2D eigenvalue weighted by Crippen LogP contribution is 2.48. The van der Waals surface area contributed by atoms with Crippen LogP contribution in [0.2, 0.25) is 0 Å². The summed E-state index contributed by atoms with van der Waals surface area (Å²) in [5.74, 6) is 0.0339. The molecule has 2 amide bonds. The molecule has 0 aromatic heterocycles. The van der Waals surface area contributed by atoms with E-state index in [-0.39, 0.29) is 18.4 Å². The van der Waals surface area contributed by atoms with Crippen LogP contribution in [0.3, 0.4) is 0 Å². The van der Waals surface area contributed by atoms with Crippen LogP contribution in [-0.2, 0) is 21.0 Å². The molecule has 186 valence electrons. The molecule has 2 aliphatic rings. The van der Waals surface area contributed by atoms with Gasteiger partial charge in [-0.3, -0.25) is 19.3 Å². The predicted molar refractivity (Wildman–Crippen MR) is 135 cm³/mol. The third kappa shape index (κ3) is 4.42. The molecule has 0 radical (unpaired) electrons. The van der Waals surface area contributed by atoms with Gasteiger partial charge in [-0.05, 0) is 48.7 Å². The first-order chi connectivity index (χ1) is 17.6. The Morgan fingerprint density at radius 1 is 0.833 bits per heavy atom. The Balaban J connectivity index is 1.53. The van der Waals surface area contributed by atoms with E-state index in [1.807, 2.05) is 92.7 Å². The van der Waals surface area contributed by atoms with Gasteiger partial charge in [0, 0.05) is 0 Å². The second-order valence-corrected chi connectivity index (χ2v) is 8.89. The first kappa shape index (κ1) is 23.9. The van der Waals surface area contributed by atoms with E-state index < -0.39 is 18.1 Å². The first-order valence-electron chi connectivity index (χ1n) is 12.4. The van der Waals surface area contributed by atoms with E-state index >= 15 is 0 Å². The number of hydrogen-bond acceptors (Lipinski definition) is 6. The van der Waals surface area contributed by atoms with Gasteiger partial charge in [-0.2, -0.15) is 0 Å². The number of rotatable bonds is 9. The molecule has 3 aromatic carbocycles. The van der Waals surface area contributed by atoms with Gasteiger partial charge in [0.25, 0.3) is 5.91 Å². The molecule has 3 atom stereocenters. The van der Waals surface area contributed by atoms with Crippen molar-refractivity contribution >= 4 is 17.5 Å². The van der Waals surface area contributed by atoms with Crippen LogP contribution in [0.15, 0.2) is 78.9 Å². The van der Waals surface area contributed by atoms with E-state index in [1.54, 1.807) is 5.06 Å². The molecule has 2 fully saturated rings. The zero-order valence-electron chi connectivity index (χ0n) is 20.5. The molecule has 0 N–H and O–H groups in total. The van der Waals surface area contributed by atoms with Crippen molar-refractivity contribution in [2.24, 2.45) is 5.92 Å². The number of hydrogen-bond donors (Lipinski definition) is 0. The molecule has 3 unspecified atom stereocenters. The van der Waals surface area contributed by atoms with Crippen molar-refractivity contribution in [3.05, 3.63) is 90.0 Å². The highest BCUT2D eigenvalue weighted by atomic mass is 16.7. The number of imide groups is 1. The summed E-state index contributed by atoms with van der Waals surface area (Å²) in [4.78, 5) is 34.7. The predicted octanol–water partition coefficient (Wildman–Crippen LogP) is 4.92. The fraction of sp³-hybridized carbons (Fsp3) is 0.310. The third-order valence-corrected chi connectivity index (χ3v) is 6.47. The van der Waals surface area contributed by atoms with Crippen molar-refractivity contribution in [2.45, 2.75) is 39.0 Å². The molecule has 0 saturated carbocycles. The number of hydroxylamine groups is 1. The number of benzene rings is 3. The van der Waals surface area contributed by atoms with E-state index in [0.717, 1.165) is 23.2 Å².